The van der Waals surface area contributed by atoms with E-state index in [1.807, 2.05) is 0 Å². The Bertz CT molecular complexity index is 271. The molecule has 0 atom stereocenters. The third-order valence-electron chi connectivity index (χ3n) is 5.31. The summed E-state index contributed by atoms with van der Waals surface area (Å²) in [5.41, 5.74) is 0. The summed E-state index contributed by atoms with van der Waals surface area (Å²) in [5, 5.41) is -4.19. The van der Waals surface area contributed by atoms with E-state index in [4.69, 9.17) is 0 Å². The van der Waals surface area contributed by atoms with E-state index in [1.165, 1.54) is 0 Å². The molecule has 0 aromatic carbocycles. The third-order valence-corrected chi connectivity index (χ3v) is 31.7. The van der Waals surface area contributed by atoms with Crippen LogP contribution in [0.25, 0.3) is 0 Å². The van der Waals surface area contributed by atoms with Crippen LogP contribution in [0.5, 0.6) is 0 Å². The molecule has 0 saturated carbocycles. The van der Waals surface area contributed by atoms with Crippen molar-refractivity contribution in [1.29, 1.82) is 0 Å². The van der Waals surface area contributed by atoms with Crippen molar-refractivity contribution in [2.75, 3.05) is 37.0 Å². The predicted molar refractivity (Wildman–Crippen MR) is 100 cm³/mol. The fourth-order valence-electron chi connectivity index (χ4n) is 2.78. The zero-order valence-corrected chi connectivity index (χ0v) is 17.8. The molecule has 0 heterocycles. The van der Waals surface area contributed by atoms with Crippen LogP contribution < -0.4 is 0 Å². The van der Waals surface area contributed by atoms with Crippen LogP contribution >= 0.6 is 41.6 Å². The molecule has 0 aromatic rings. The standard InChI is InChI=1S/C13H30Br2OP2/c1-7-17(14,8-2,9-3)13(16)18(15,10-4,11-5)12-6/h7-12H2,1-6H3. The Hall–Kier alpha value is 1.49. The van der Waals surface area contributed by atoms with Gasteiger partial charge < -0.3 is 0 Å². The van der Waals surface area contributed by atoms with E-state index >= 15 is 0 Å². The molecule has 0 fully saturated rings. The van der Waals surface area contributed by atoms with Crippen molar-refractivity contribution in [3.63, 3.8) is 0 Å². The van der Waals surface area contributed by atoms with Gasteiger partial charge in [-0.15, -0.1) is 0 Å². The molecule has 0 aliphatic carbocycles. The molecule has 0 aliphatic rings. The molecule has 0 amide bonds. The van der Waals surface area contributed by atoms with Crippen LogP contribution in [0.4, 0.5) is 4.79 Å². The fraction of sp³-hybridized carbons (Fsp3) is 0.923. The summed E-state index contributed by atoms with van der Waals surface area (Å²) in [4.78, 5) is 13.5. The predicted octanol–water partition coefficient (Wildman–Crippen LogP) is 6.95. The molecule has 0 radical (unpaired) electrons. The average molecular weight is 424 g/mol. The normalized spacial score (nSPS) is 17.6. The van der Waals surface area contributed by atoms with Gasteiger partial charge in [-0.1, -0.05) is 0 Å². The van der Waals surface area contributed by atoms with E-state index in [0.29, 0.717) is 5.27 Å². The summed E-state index contributed by atoms with van der Waals surface area (Å²) in [6, 6.07) is 0. The molecule has 0 aliphatic heterocycles. The Morgan fingerprint density at radius 3 is 0.944 bits per heavy atom. The van der Waals surface area contributed by atoms with Crippen LogP contribution in [-0.2, 0) is 0 Å². The summed E-state index contributed by atoms with van der Waals surface area (Å²) in [5.74, 6) is 0. The van der Waals surface area contributed by atoms with E-state index in [0.717, 1.165) is 37.0 Å². The second-order valence-electron chi connectivity index (χ2n) is 5.36. The maximum atomic E-state index is 13.5. The molecule has 0 rings (SSSR count). The number of halogens is 2. The summed E-state index contributed by atoms with van der Waals surface area (Å²) in [7, 11) is 0. The number of hydrogen-bond donors (Lipinski definition) is 0. The Balaban J connectivity index is 6.04. The van der Waals surface area contributed by atoms with Gasteiger partial charge in [0.1, 0.15) is 0 Å². The van der Waals surface area contributed by atoms with Gasteiger partial charge in [-0.25, -0.2) is 0 Å². The number of rotatable bonds is 8. The zero-order valence-electron chi connectivity index (χ0n) is 12.8. The molecule has 1 nitrogen and oxygen atoms in total. The Labute approximate surface area is 130 Å². The molecule has 0 bridgehead atoms. The van der Waals surface area contributed by atoms with Gasteiger partial charge in [-0.3, -0.25) is 0 Å². The summed E-state index contributed by atoms with van der Waals surface area (Å²) in [6.07, 6.45) is 5.92. The van der Waals surface area contributed by atoms with Gasteiger partial charge in [0.15, 0.2) is 0 Å². The second-order valence-corrected chi connectivity index (χ2v) is 27.8. The first-order valence-electron chi connectivity index (χ1n) is 7.13. The van der Waals surface area contributed by atoms with Crippen molar-refractivity contribution < 1.29 is 4.79 Å². The van der Waals surface area contributed by atoms with Gasteiger partial charge in [0.2, 0.25) is 0 Å². The first kappa shape index (κ1) is 19.5. The molecule has 0 spiro atoms. The molecule has 0 N–H and O–H groups in total. The third kappa shape index (κ3) is 2.76. The first-order valence-corrected chi connectivity index (χ1v) is 16.8. The average Bonchev–Trinajstić information content (AvgIpc) is 2.45. The van der Waals surface area contributed by atoms with E-state index in [9.17, 15) is 4.79 Å². The topological polar surface area (TPSA) is 17.1 Å². The van der Waals surface area contributed by atoms with Gasteiger partial charge in [-0.05, 0) is 0 Å². The van der Waals surface area contributed by atoms with Crippen LogP contribution in [-0.4, -0.2) is 42.2 Å². The van der Waals surface area contributed by atoms with Crippen LogP contribution in [0, 0.1) is 0 Å². The van der Waals surface area contributed by atoms with Crippen LogP contribution in [0.2, 0.25) is 0 Å². The molecule has 5 heteroatoms. The van der Waals surface area contributed by atoms with Crippen LogP contribution in [0.3, 0.4) is 0 Å². The van der Waals surface area contributed by atoms with Crippen molar-refractivity contribution in [2.24, 2.45) is 0 Å². The number of hydrogen-bond acceptors (Lipinski definition) is 1. The second kappa shape index (κ2) is 6.08. The minimum atomic E-state index is -2.39. The molecular weight excluding hydrogens is 394 g/mol. The molecule has 0 aromatic heterocycles. The maximum absolute atomic E-state index is 13.5. The van der Waals surface area contributed by atoms with Crippen molar-refractivity contribution in [2.45, 2.75) is 41.5 Å². The van der Waals surface area contributed by atoms with Crippen molar-refractivity contribution in [3.8, 4) is 0 Å². The Morgan fingerprint density at radius 1 is 0.667 bits per heavy atom. The van der Waals surface area contributed by atoms with Gasteiger partial charge in [0, 0.05) is 0 Å². The number of carbonyl (C=O) groups excluding carboxylic acids is 1. The Morgan fingerprint density at radius 2 is 0.833 bits per heavy atom. The molecule has 112 valence electrons. The van der Waals surface area contributed by atoms with Gasteiger partial charge in [-0.2, -0.15) is 0 Å². The van der Waals surface area contributed by atoms with Crippen molar-refractivity contribution >= 4 is 46.9 Å². The first-order chi connectivity index (χ1) is 8.13. The SMILES string of the molecule is CCP(Br)(CC)(CC)C(=O)P(Br)(CC)(CC)CC. The van der Waals surface area contributed by atoms with Crippen LogP contribution in [0.1, 0.15) is 41.5 Å². The minimum absolute atomic E-state index is 0.590. The van der Waals surface area contributed by atoms with E-state index < -0.39 is 10.6 Å². The van der Waals surface area contributed by atoms with E-state index in [-0.39, 0.29) is 0 Å². The molecule has 0 saturated heterocycles. The molecule has 18 heavy (non-hydrogen) atoms. The zero-order chi connectivity index (χ0) is 14.7. The Kier molecular flexibility index (Phi) is 6.59. The van der Waals surface area contributed by atoms with Gasteiger partial charge in [0.25, 0.3) is 0 Å². The quantitative estimate of drug-likeness (QED) is 0.386. The summed E-state index contributed by atoms with van der Waals surface area (Å²) in [6.45, 7) is 13.1. The van der Waals surface area contributed by atoms with Gasteiger partial charge >= 0.3 is 130 Å². The van der Waals surface area contributed by atoms with Crippen molar-refractivity contribution in [3.05, 3.63) is 0 Å². The molecular formula is C13H30Br2OP2. The fourth-order valence-corrected chi connectivity index (χ4v) is 24.0. The molecule has 0 unspecified atom stereocenters. The van der Waals surface area contributed by atoms with Crippen LogP contribution in [0.15, 0.2) is 0 Å². The van der Waals surface area contributed by atoms with Crippen molar-refractivity contribution in [1.82, 2.24) is 0 Å². The van der Waals surface area contributed by atoms with E-state index in [2.05, 4.69) is 72.5 Å². The monoisotopic (exact) mass is 422 g/mol. The van der Waals surface area contributed by atoms with E-state index in [1.54, 1.807) is 0 Å². The van der Waals surface area contributed by atoms with Gasteiger partial charge in [0.05, 0.1) is 0 Å². The summed E-state index contributed by atoms with van der Waals surface area (Å²) >= 11 is 8.07. The number of carbonyl (C=O) groups is 1. The summed E-state index contributed by atoms with van der Waals surface area (Å²) < 4.78 is 0.